The van der Waals surface area contributed by atoms with Crippen molar-refractivity contribution in [1.29, 1.82) is 0 Å². The van der Waals surface area contributed by atoms with Crippen molar-refractivity contribution < 1.29 is 9.90 Å². The van der Waals surface area contributed by atoms with Gasteiger partial charge in [0.1, 0.15) is 0 Å². The summed E-state index contributed by atoms with van der Waals surface area (Å²) >= 11 is 0. The third kappa shape index (κ3) is 3.03. The summed E-state index contributed by atoms with van der Waals surface area (Å²) in [4.78, 5) is 14.3. The highest BCUT2D eigenvalue weighted by atomic mass is 16.4. The second kappa shape index (κ2) is 6.05. The van der Waals surface area contributed by atoms with Crippen molar-refractivity contribution in [2.45, 2.75) is 78.2 Å². The van der Waals surface area contributed by atoms with Gasteiger partial charge in [0.15, 0.2) is 0 Å². The average molecular weight is 281 g/mol. The van der Waals surface area contributed by atoms with Crippen LogP contribution in [0, 0.1) is 10.8 Å². The van der Waals surface area contributed by atoms with E-state index in [1.165, 1.54) is 25.7 Å². The molecule has 0 bridgehead atoms. The number of nitrogens with zero attached hydrogens (tertiary/aromatic N) is 1. The molecule has 20 heavy (non-hydrogen) atoms. The monoisotopic (exact) mass is 281 g/mol. The van der Waals surface area contributed by atoms with Gasteiger partial charge in [-0.15, -0.1) is 0 Å². The van der Waals surface area contributed by atoms with Crippen LogP contribution in [0.2, 0.25) is 0 Å². The van der Waals surface area contributed by atoms with Crippen molar-refractivity contribution in [3.05, 3.63) is 0 Å². The zero-order valence-corrected chi connectivity index (χ0v) is 13.5. The van der Waals surface area contributed by atoms with Crippen molar-refractivity contribution >= 4 is 5.97 Å². The molecule has 0 amide bonds. The van der Waals surface area contributed by atoms with Crippen LogP contribution < -0.4 is 0 Å². The number of piperidine rings is 1. The van der Waals surface area contributed by atoms with E-state index in [0.717, 1.165) is 38.8 Å². The molecule has 2 atom stereocenters. The number of hydrogen-bond acceptors (Lipinski definition) is 2. The number of hydrogen-bond donors (Lipinski definition) is 1. The van der Waals surface area contributed by atoms with E-state index in [-0.39, 0.29) is 0 Å². The van der Waals surface area contributed by atoms with Crippen molar-refractivity contribution in [1.82, 2.24) is 4.90 Å². The van der Waals surface area contributed by atoms with Gasteiger partial charge in [-0.2, -0.15) is 0 Å². The molecule has 1 aliphatic heterocycles. The Balaban J connectivity index is 2.14. The Morgan fingerprint density at radius 1 is 1.25 bits per heavy atom. The van der Waals surface area contributed by atoms with Gasteiger partial charge in [0.2, 0.25) is 0 Å². The summed E-state index contributed by atoms with van der Waals surface area (Å²) in [6, 6.07) is 0.576. The maximum absolute atomic E-state index is 11.8. The zero-order valence-electron chi connectivity index (χ0n) is 13.5. The molecule has 2 aliphatic rings. The molecular weight excluding hydrogens is 250 g/mol. The Morgan fingerprint density at radius 3 is 2.60 bits per heavy atom. The number of rotatable bonds is 4. The van der Waals surface area contributed by atoms with Gasteiger partial charge >= 0.3 is 5.97 Å². The van der Waals surface area contributed by atoms with Crippen LogP contribution in [-0.4, -0.2) is 35.1 Å². The number of carboxylic acids is 1. The van der Waals surface area contributed by atoms with Crippen molar-refractivity contribution in [2.75, 3.05) is 13.1 Å². The molecule has 0 aromatic rings. The molecule has 2 unspecified atom stereocenters. The lowest BCUT2D eigenvalue weighted by Crippen LogP contribution is -2.55. The van der Waals surface area contributed by atoms with Crippen molar-refractivity contribution in [3.8, 4) is 0 Å². The van der Waals surface area contributed by atoms with Gasteiger partial charge in [0.05, 0.1) is 5.41 Å². The zero-order chi connectivity index (χ0) is 14.8. The first-order valence-electron chi connectivity index (χ1n) is 8.39. The van der Waals surface area contributed by atoms with Crippen molar-refractivity contribution in [2.24, 2.45) is 10.8 Å². The summed E-state index contributed by atoms with van der Waals surface area (Å²) < 4.78 is 0. The van der Waals surface area contributed by atoms with E-state index in [1.54, 1.807) is 0 Å². The molecule has 116 valence electrons. The summed E-state index contributed by atoms with van der Waals surface area (Å²) in [5.74, 6) is -0.572. The van der Waals surface area contributed by atoms with Crippen LogP contribution in [0.1, 0.15) is 72.1 Å². The fraction of sp³-hybridized carbons (Fsp3) is 0.941. The molecule has 0 aromatic carbocycles. The Hall–Kier alpha value is -0.570. The molecule has 1 N–H and O–H groups in total. The van der Waals surface area contributed by atoms with E-state index in [0.29, 0.717) is 11.5 Å². The normalized spacial score (nSPS) is 34.9. The van der Waals surface area contributed by atoms with E-state index in [2.05, 4.69) is 25.7 Å². The van der Waals surface area contributed by atoms with E-state index in [1.807, 2.05) is 0 Å². The lowest BCUT2D eigenvalue weighted by molar-refractivity contribution is -0.155. The van der Waals surface area contributed by atoms with Gasteiger partial charge in [0.25, 0.3) is 0 Å². The first-order valence-corrected chi connectivity index (χ1v) is 8.39. The number of aliphatic carboxylic acids is 1. The van der Waals surface area contributed by atoms with Crippen molar-refractivity contribution in [3.63, 3.8) is 0 Å². The molecule has 3 nitrogen and oxygen atoms in total. The van der Waals surface area contributed by atoms with E-state index in [4.69, 9.17) is 0 Å². The minimum absolute atomic E-state index is 0.339. The molecule has 3 heteroatoms. The Morgan fingerprint density at radius 2 is 2.00 bits per heavy atom. The maximum atomic E-state index is 11.8. The highest BCUT2D eigenvalue weighted by Crippen LogP contribution is 2.43. The van der Waals surface area contributed by atoms with Gasteiger partial charge in [-0.3, -0.25) is 9.69 Å². The highest BCUT2D eigenvalue weighted by Gasteiger charge is 2.46. The molecular formula is C17H31NO2. The second-order valence-electron chi connectivity index (χ2n) is 7.66. The van der Waals surface area contributed by atoms with Crippen LogP contribution in [0.3, 0.4) is 0 Å². The van der Waals surface area contributed by atoms with Crippen LogP contribution in [-0.2, 0) is 4.79 Å². The molecule has 0 spiro atoms. The summed E-state index contributed by atoms with van der Waals surface area (Å²) in [5.41, 5.74) is -0.146. The predicted octanol–water partition coefficient (Wildman–Crippen LogP) is 3.92. The molecule has 2 rings (SSSR count). The van der Waals surface area contributed by atoms with Gasteiger partial charge in [0, 0.05) is 12.6 Å². The summed E-state index contributed by atoms with van der Waals surface area (Å²) in [5, 5.41) is 9.74. The van der Waals surface area contributed by atoms with Gasteiger partial charge in [-0.05, 0) is 44.1 Å². The lowest BCUT2D eigenvalue weighted by Gasteiger charge is -2.50. The fourth-order valence-corrected chi connectivity index (χ4v) is 4.55. The highest BCUT2D eigenvalue weighted by molar-refractivity contribution is 5.75. The van der Waals surface area contributed by atoms with Gasteiger partial charge in [-0.1, -0.05) is 40.0 Å². The first-order chi connectivity index (χ1) is 9.41. The molecule has 1 saturated heterocycles. The number of carboxylic acid groups (broad SMARTS) is 1. The quantitative estimate of drug-likeness (QED) is 0.849. The maximum Gasteiger partial charge on any atom is 0.310 e. The van der Waals surface area contributed by atoms with Crippen LogP contribution in [0.4, 0.5) is 0 Å². The Labute approximate surface area is 123 Å². The summed E-state index contributed by atoms with van der Waals surface area (Å²) in [6.07, 6.45) is 8.85. The molecule has 1 aliphatic carbocycles. The topological polar surface area (TPSA) is 40.5 Å². The molecule has 0 aromatic heterocycles. The third-order valence-electron chi connectivity index (χ3n) is 5.68. The smallest absolute Gasteiger partial charge is 0.310 e. The fourth-order valence-electron chi connectivity index (χ4n) is 4.55. The predicted molar refractivity (Wildman–Crippen MR) is 81.8 cm³/mol. The molecule has 1 heterocycles. The largest absolute Gasteiger partial charge is 0.481 e. The summed E-state index contributed by atoms with van der Waals surface area (Å²) in [6.45, 7) is 8.70. The second-order valence-corrected chi connectivity index (χ2v) is 7.66. The van der Waals surface area contributed by atoms with E-state index < -0.39 is 11.4 Å². The van der Waals surface area contributed by atoms with Crippen LogP contribution in [0.25, 0.3) is 0 Å². The standard InChI is InChI=1S/C17H31NO2/c1-4-9-17(15(19)20)11-7-12-18(13-17)14-8-5-6-10-16(14,2)3/h14H,4-13H2,1-3H3,(H,19,20). The number of carbonyl (C=O) groups is 1. The third-order valence-corrected chi connectivity index (χ3v) is 5.68. The van der Waals surface area contributed by atoms with Gasteiger partial charge in [-0.25, -0.2) is 0 Å². The Kier molecular flexibility index (Phi) is 4.78. The average Bonchev–Trinajstić information content (AvgIpc) is 2.38. The minimum Gasteiger partial charge on any atom is -0.481 e. The van der Waals surface area contributed by atoms with E-state index in [9.17, 15) is 9.90 Å². The van der Waals surface area contributed by atoms with Gasteiger partial charge < -0.3 is 5.11 Å². The minimum atomic E-state index is -0.572. The molecule has 1 saturated carbocycles. The summed E-state index contributed by atoms with van der Waals surface area (Å²) in [7, 11) is 0. The molecule has 2 fully saturated rings. The SMILES string of the molecule is CCCC1(C(=O)O)CCCN(C2CCCCC2(C)C)C1. The van der Waals surface area contributed by atoms with Crippen LogP contribution in [0.15, 0.2) is 0 Å². The molecule has 0 radical (unpaired) electrons. The van der Waals surface area contributed by atoms with Crippen LogP contribution >= 0.6 is 0 Å². The lowest BCUT2D eigenvalue weighted by atomic mass is 9.70. The first kappa shape index (κ1) is 15.8. The van der Waals surface area contributed by atoms with E-state index >= 15 is 0 Å². The number of likely N-dealkylation sites (tertiary alicyclic amines) is 1. The Bertz CT molecular complexity index is 349. The van der Waals surface area contributed by atoms with Crippen LogP contribution in [0.5, 0.6) is 0 Å².